The van der Waals surface area contributed by atoms with Crippen molar-refractivity contribution in [3.05, 3.63) is 71.0 Å². The molecule has 0 aliphatic carbocycles. The fourth-order valence-electron chi connectivity index (χ4n) is 2.37. The molecule has 26 heavy (non-hydrogen) atoms. The van der Waals surface area contributed by atoms with Crippen molar-refractivity contribution in [1.29, 1.82) is 0 Å². The van der Waals surface area contributed by atoms with Gasteiger partial charge in [-0.3, -0.25) is 0 Å². The van der Waals surface area contributed by atoms with Crippen LogP contribution in [-0.4, -0.2) is 17.2 Å². The molecule has 10 heteroatoms. The van der Waals surface area contributed by atoms with Crippen molar-refractivity contribution in [1.82, 2.24) is 0 Å². The summed E-state index contributed by atoms with van der Waals surface area (Å²) in [6.07, 6.45) is -11.4. The molecule has 1 nitrogen and oxygen atoms in total. The first kappa shape index (κ1) is 20.1. The van der Waals surface area contributed by atoms with Gasteiger partial charge in [0.1, 0.15) is 5.82 Å². The lowest BCUT2D eigenvalue weighted by Crippen LogP contribution is -2.55. The molecule has 2 aromatic carbocycles. The van der Waals surface area contributed by atoms with E-state index in [1.807, 2.05) is 0 Å². The van der Waals surface area contributed by atoms with Gasteiger partial charge < -0.3 is 5.11 Å². The Labute approximate surface area is 140 Å². The Morgan fingerprint density at radius 3 is 1.58 bits per heavy atom. The van der Waals surface area contributed by atoms with E-state index in [2.05, 4.69) is 0 Å². The highest BCUT2D eigenvalue weighted by Gasteiger charge is 2.71. The third kappa shape index (κ3) is 3.25. The van der Waals surface area contributed by atoms with Gasteiger partial charge in [0.2, 0.25) is 0 Å². The van der Waals surface area contributed by atoms with Crippen LogP contribution in [0.4, 0.5) is 39.5 Å². The molecule has 0 saturated carbocycles. The van der Waals surface area contributed by atoms with E-state index in [0.717, 1.165) is 6.07 Å². The standard InChI is InChI=1S/C16H9F9O/c17-12-6-2-4-10(8-12)13(26,15(21,22)16(23,24)25)9-3-1-5-11(7-9)14(18,19)20/h1-8,26H. The second kappa shape index (κ2) is 6.19. The summed E-state index contributed by atoms with van der Waals surface area (Å²) in [5.74, 6) is -7.18. The molecule has 0 aliphatic rings. The Balaban J connectivity index is 2.82. The lowest BCUT2D eigenvalue weighted by atomic mass is 9.80. The molecule has 1 unspecified atom stereocenters. The van der Waals surface area contributed by atoms with Gasteiger partial charge in [-0.2, -0.15) is 35.1 Å². The topological polar surface area (TPSA) is 20.2 Å². The van der Waals surface area contributed by atoms with Crippen LogP contribution < -0.4 is 0 Å². The number of benzene rings is 2. The average Bonchev–Trinajstić information content (AvgIpc) is 2.52. The van der Waals surface area contributed by atoms with Crippen molar-refractivity contribution in [2.75, 3.05) is 0 Å². The van der Waals surface area contributed by atoms with Crippen molar-refractivity contribution in [2.45, 2.75) is 23.9 Å². The molecule has 142 valence electrons. The van der Waals surface area contributed by atoms with Crippen LogP contribution in [0.25, 0.3) is 0 Å². The van der Waals surface area contributed by atoms with Gasteiger partial charge in [-0.25, -0.2) is 4.39 Å². The summed E-state index contributed by atoms with van der Waals surface area (Å²) in [5, 5.41) is 10.3. The van der Waals surface area contributed by atoms with Crippen LogP contribution in [0.15, 0.2) is 48.5 Å². The largest absolute Gasteiger partial charge is 0.457 e. The van der Waals surface area contributed by atoms with Crippen molar-refractivity contribution in [3.63, 3.8) is 0 Å². The van der Waals surface area contributed by atoms with E-state index >= 15 is 0 Å². The molecule has 0 aromatic heterocycles. The lowest BCUT2D eigenvalue weighted by Gasteiger charge is -2.37. The van der Waals surface area contributed by atoms with Crippen LogP contribution in [-0.2, 0) is 11.8 Å². The Hall–Kier alpha value is -2.23. The normalized spacial score (nSPS) is 15.6. The van der Waals surface area contributed by atoms with Crippen molar-refractivity contribution >= 4 is 0 Å². The van der Waals surface area contributed by atoms with E-state index in [1.165, 1.54) is 0 Å². The van der Waals surface area contributed by atoms with Crippen LogP contribution in [0.5, 0.6) is 0 Å². The van der Waals surface area contributed by atoms with Gasteiger partial charge in [0, 0.05) is 0 Å². The zero-order valence-electron chi connectivity index (χ0n) is 12.5. The van der Waals surface area contributed by atoms with Crippen molar-refractivity contribution < 1.29 is 44.6 Å². The summed E-state index contributed by atoms with van der Waals surface area (Å²) < 4.78 is 119. The summed E-state index contributed by atoms with van der Waals surface area (Å²) in [5.41, 5.74) is -8.48. The number of rotatable bonds is 3. The summed E-state index contributed by atoms with van der Waals surface area (Å²) in [7, 11) is 0. The minimum Gasteiger partial charge on any atom is -0.374 e. The predicted octanol–water partition coefficient (Wildman–Crippen LogP) is 5.28. The molecular formula is C16H9F9O. The Morgan fingerprint density at radius 2 is 1.12 bits per heavy atom. The van der Waals surface area contributed by atoms with Crippen LogP contribution in [0, 0.1) is 5.82 Å². The SMILES string of the molecule is OC(c1cccc(F)c1)(c1cccc(C(F)(F)F)c1)C(F)(F)C(F)(F)F. The molecule has 0 radical (unpaired) electrons. The third-order valence-electron chi connectivity index (χ3n) is 3.66. The van der Waals surface area contributed by atoms with Gasteiger partial charge in [0.25, 0.3) is 0 Å². The second-order valence-electron chi connectivity index (χ2n) is 5.37. The molecule has 0 bridgehead atoms. The maximum atomic E-state index is 14.1. The minimum atomic E-state index is -6.33. The van der Waals surface area contributed by atoms with Gasteiger partial charge >= 0.3 is 18.3 Å². The van der Waals surface area contributed by atoms with Crippen LogP contribution in [0.1, 0.15) is 16.7 Å². The maximum Gasteiger partial charge on any atom is 0.457 e. The van der Waals surface area contributed by atoms with Crippen LogP contribution in [0.2, 0.25) is 0 Å². The monoisotopic (exact) mass is 388 g/mol. The summed E-state index contributed by atoms with van der Waals surface area (Å²) in [4.78, 5) is 0. The first-order valence-electron chi connectivity index (χ1n) is 6.82. The molecule has 2 rings (SSSR count). The van der Waals surface area contributed by atoms with E-state index in [1.54, 1.807) is 0 Å². The van der Waals surface area contributed by atoms with Gasteiger partial charge in [-0.05, 0) is 35.4 Å². The molecule has 0 spiro atoms. The quantitative estimate of drug-likeness (QED) is 0.710. The minimum absolute atomic E-state index is 0.0371. The number of alkyl halides is 8. The van der Waals surface area contributed by atoms with E-state index in [9.17, 15) is 44.6 Å². The average molecular weight is 388 g/mol. The first-order chi connectivity index (χ1) is 11.7. The molecule has 0 saturated heterocycles. The predicted molar refractivity (Wildman–Crippen MR) is 71.8 cm³/mol. The number of hydrogen-bond donors (Lipinski definition) is 1. The van der Waals surface area contributed by atoms with Gasteiger partial charge in [-0.15, -0.1) is 0 Å². The van der Waals surface area contributed by atoms with Crippen molar-refractivity contribution in [3.8, 4) is 0 Å². The van der Waals surface area contributed by atoms with E-state index < -0.39 is 46.4 Å². The molecule has 0 aliphatic heterocycles. The van der Waals surface area contributed by atoms with E-state index in [4.69, 9.17) is 0 Å². The molecule has 2 aromatic rings. The number of halogens is 9. The molecule has 1 N–H and O–H groups in total. The zero-order chi connectivity index (χ0) is 20.0. The first-order valence-corrected chi connectivity index (χ1v) is 6.82. The Bertz CT molecular complexity index is 795. The van der Waals surface area contributed by atoms with E-state index in [-0.39, 0.29) is 12.1 Å². The smallest absolute Gasteiger partial charge is 0.374 e. The summed E-state index contributed by atoms with van der Waals surface area (Å²) >= 11 is 0. The highest BCUT2D eigenvalue weighted by atomic mass is 19.4. The molecule has 0 heterocycles. The van der Waals surface area contributed by atoms with Gasteiger partial charge in [-0.1, -0.05) is 24.3 Å². The highest BCUT2D eigenvalue weighted by molar-refractivity contribution is 5.42. The molecule has 0 amide bonds. The number of hydrogen-bond acceptors (Lipinski definition) is 1. The summed E-state index contributed by atoms with van der Waals surface area (Å²) in [6, 6.07) is 3.64. The molecule has 1 atom stereocenters. The Kier molecular flexibility index (Phi) is 4.78. The van der Waals surface area contributed by atoms with Gasteiger partial charge in [0.15, 0.2) is 5.60 Å². The fraction of sp³-hybridized carbons (Fsp3) is 0.250. The Morgan fingerprint density at radius 1 is 0.654 bits per heavy atom. The third-order valence-corrected chi connectivity index (χ3v) is 3.66. The van der Waals surface area contributed by atoms with E-state index in [0.29, 0.717) is 30.3 Å². The molecular weight excluding hydrogens is 379 g/mol. The zero-order valence-corrected chi connectivity index (χ0v) is 12.5. The second-order valence-corrected chi connectivity index (χ2v) is 5.37. The number of aliphatic hydroxyl groups is 1. The van der Waals surface area contributed by atoms with Crippen LogP contribution in [0.3, 0.4) is 0 Å². The van der Waals surface area contributed by atoms with Crippen LogP contribution >= 0.6 is 0 Å². The lowest BCUT2D eigenvalue weighted by molar-refractivity contribution is -0.336. The highest BCUT2D eigenvalue weighted by Crippen LogP contribution is 2.52. The summed E-state index contributed by atoms with van der Waals surface area (Å²) in [6.45, 7) is 0. The fourth-order valence-corrected chi connectivity index (χ4v) is 2.37. The van der Waals surface area contributed by atoms with Gasteiger partial charge in [0.05, 0.1) is 5.56 Å². The maximum absolute atomic E-state index is 14.1. The van der Waals surface area contributed by atoms with Crippen molar-refractivity contribution in [2.24, 2.45) is 0 Å². The molecule has 0 fully saturated rings.